The maximum absolute atomic E-state index is 12.5. The second-order valence-electron chi connectivity index (χ2n) is 5.84. The lowest BCUT2D eigenvalue weighted by Gasteiger charge is -2.10. The van der Waals surface area contributed by atoms with E-state index in [1.807, 2.05) is 38.1 Å². The zero-order chi connectivity index (χ0) is 18.5. The number of carbonyl (C=O) groups is 1. The monoisotopic (exact) mass is 343 g/mol. The number of nitrogens with zero attached hydrogens (tertiary/aromatic N) is 3. The lowest BCUT2D eigenvalue weighted by molar-refractivity contribution is 0.102. The fourth-order valence-electron chi connectivity index (χ4n) is 2.43. The van der Waals surface area contributed by atoms with Crippen molar-refractivity contribution in [3.8, 4) is 6.07 Å². The Morgan fingerprint density at radius 2 is 1.85 bits per heavy atom. The molecule has 3 rings (SSSR count). The highest BCUT2D eigenvalue weighted by Crippen LogP contribution is 2.20. The number of anilines is 3. The molecule has 2 aromatic carbocycles. The van der Waals surface area contributed by atoms with Gasteiger partial charge in [-0.25, -0.2) is 9.97 Å². The standard InChI is InChI=1S/C20H17N5O/c1-13-7-8-14(2)17(9-13)25-20(26)18-10-19(23-12-22-18)24-16-6-4-3-5-15(16)11-21/h3-10,12H,1-2H3,(H,25,26)(H,22,23,24). The molecule has 0 radical (unpaired) electrons. The van der Waals surface area contributed by atoms with Gasteiger partial charge in [0.2, 0.25) is 0 Å². The number of hydrogen-bond donors (Lipinski definition) is 2. The number of hydrogen-bond acceptors (Lipinski definition) is 5. The van der Waals surface area contributed by atoms with Crippen LogP contribution in [-0.2, 0) is 0 Å². The average molecular weight is 343 g/mol. The molecule has 2 N–H and O–H groups in total. The summed E-state index contributed by atoms with van der Waals surface area (Å²) in [5.74, 6) is 0.117. The molecular formula is C20H17N5O. The van der Waals surface area contributed by atoms with Crippen molar-refractivity contribution in [2.24, 2.45) is 0 Å². The quantitative estimate of drug-likeness (QED) is 0.748. The Morgan fingerprint density at radius 1 is 1.04 bits per heavy atom. The molecule has 0 aliphatic carbocycles. The summed E-state index contributed by atoms with van der Waals surface area (Å²) in [6.07, 6.45) is 1.31. The van der Waals surface area contributed by atoms with Gasteiger partial charge in [0, 0.05) is 11.8 Å². The highest BCUT2D eigenvalue weighted by molar-refractivity contribution is 6.03. The minimum absolute atomic E-state index is 0.234. The topological polar surface area (TPSA) is 90.7 Å². The summed E-state index contributed by atoms with van der Waals surface area (Å²) in [5.41, 5.74) is 4.13. The van der Waals surface area contributed by atoms with Crippen LogP contribution in [0.1, 0.15) is 27.2 Å². The molecule has 6 heteroatoms. The molecule has 0 aliphatic rings. The van der Waals surface area contributed by atoms with Gasteiger partial charge in [0.05, 0.1) is 11.3 Å². The maximum Gasteiger partial charge on any atom is 0.274 e. The molecule has 1 aromatic heterocycles. The smallest absolute Gasteiger partial charge is 0.274 e. The van der Waals surface area contributed by atoms with Gasteiger partial charge in [-0.1, -0.05) is 24.3 Å². The van der Waals surface area contributed by atoms with Crippen LogP contribution in [0.25, 0.3) is 0 Å². The van der Waals surface area contributed by atoms with Crippen LogP contribution in [0.15, 0.2) is 54.9 Å². The Balaban J connectivity index is 1.82. The van der Waals surface area contributed by atoms with Crippen LogP contribution in [0.4, 0.5) is 17.2 Å². The molecule has 0 atom stereocenters. The first-order chi connectivity index (χ1) is 12.6. The second-order valence-corrected chi connectivity index (χ2v) is 5.84. The van der Waals surface area contributed by atoms with Crippen LogP contribution in [0, 0.1) is 25.2 Å². The zero-order valence-corrected chi connectivity index (χ0v) is 14.4. The molecule has 0 fully saturated rings. The predicted molar refractivity (Wildman–Crippen MR) is 100 cm³/mol. The SMILES string of the molecule is Cc1ccc(C)c(NC(=O)c2cc(Nc3ccccc3C#N)ncn2)c1. The molecule has 1 heterocycles. The van der Waals surface area contributed by atoms with Crippen molar-refractivity contribution in [3.63, 3.8) is 0 Å². The number of amides is 1. The van der Waals surface area contributed by atoms with Crippen molar-refractivity contribution in [1.82, 2.24) is 9.97 Å². The van der Waals surface area contributed by atoms with Crippen molar-refractivity contribution in [2.75, 3.05) is 10.6 Å². The lowest BCUT2D eigenvalue weighted by Crippen LogP contribution is -2.15. The summed E-state index contributed by atoms with van der Waals surface area (Å²) in [6, 6.07) is 16.6. The van der Waals surface area contributed by atoms with E-state index in [2.05, 4.69) is 26.7 Å². The zero-order valence-electron chi connectivity index (χ0n) is 14.4. The third kappa shape index (κ3) is 3.84. The number of benzene rings is 2. The molecule has 0 unspecified atom stereocenters. The fraction of sp³-hybridized carbons (Fsp3) is 0.100. The van der Waals surface area contributed by atoms with Gasteiger partial charge in [-0.05, 0) is 43.2 Å². The first-order valence-corrected chi connectivity index (χ1v) is 8.03. The Labute approximate surface area is 151 Å². The van der Waals surface area contributed by atoms with Crippen LogP contribution < -0.4 is 10.6 Å². The van der Waals surface area contributed by atoms with Crippen molar-refractivity contribution >= 4 is 23.1 Å². The van der Waals surface area contributed by atoms with E-state index in [-0.39, 0.29) is 11.6 Å². The third-order valence-corrected chi connectivity index (χ3v) is 3.85. The average Bonchev–Trinajstić information content (AvgIpc) is 2.65. The molecule has 3 aromatic rings. The van der Waals surface area contributed by atoms with Crippen molar-refractivity contribution < 1.29 is 4.79 Å². The van der Waals surface area contributed by atoms with Crippen molar-refractivity contribution in [3.05, 3.63) is 77.2 Å². The normalized spacial score (nSPS) is 10.0. The maximum atomic E-state index is 12.5. The molecule has 128 valence electrons. The molecule has 1 amide bonds. The molecule has 0 aliphatic heterocycles. The Morgan fingerprint density at radius 3 is 2.65 bits per heavy atom. The van der Waals surface area contributed by atoms with Gasteiger partial charge < -0.3 is 10.6 Å². The lowest BCUT2D eigenvalue weighted by atomic mass is 10.1. The molecule has 26 heavy (non-hydrogen) atoms. The summed E-state index contributed by atoms with van der Waals surface area (Å²) in [5, 5.41) is 15.1. The molecule has 0 spiro atoms. The van der Waals surface area contributed by atoms with Crippen LogP contribution in [0.2, 0.25) is 0 Å². The van der Waals surface area contributed by atoms with Crippen LogP contribution in [0.5, 0.6) is 0 Å². The fourth-order valence-corrected chi connectivity index (χ4v) is 2.43. The minimum Gasteiger partial charge on any atom is -0.339 e. The van der Waals surface area contributed by atoms with E-state index in [0.717, 1.165) is 16.8 Å². The van der Waals surface area contributed by atoms with E-state index in [1.165, 1.54) is 6.33 Å². The molecule has 6 nitrogen and oxygen atoms in total. The van der Waals surface area contributed by atoms with Crippen molar-refractivity contribution in [1.29, 1.82) is 5.26 Å². The number of aromatic nitrogens is 2. The largest absolute Gasteiger partial charge is 0.339 e. The van der Waals surface area contributed by atoms with Crippen molar-refractivity contribution in [2.45, 2.75) is 13.8 Å². The van der Waals surface area contributed by atoms with E-state index in [1.54, 1.807) is 24.3 Å². The number of rotatable bonds is 4. The Hall–Kier alpha value is -3.72. The molecule has 0 saturated carbocycles. The third-order valence-electron chi connectivity index (χ3n) is 3.85. The Bertz CT molecular complexity index is 1010. The van der Waals surface area contributed by atoms with Crippen LogP contribution >= 0.6 is 0 Å². The molecular weight excluding hydrogens is 326 g/mol. The first-order valence-electron chi connectivity index (χ1n) is 8.03. The predicted octanol–water partition coefficient (Wildman–Crippen LogP) is 3.96. The van der Waals surface area contributed by atoms with Gasteiger partial charge in [0.25, 0.3) is 5.91 Å². The summed E-state index contributed by atoms with van der Waals surface area (Å²) in [6.45, 7) is 3.90. The number of nitriles is 1. The van der Waals surface area contributed by atoms with Gasteiger partial charge in [-0.3, -0.25) is 4.79 Å². The van der Waals surface area contributed by atoms with Gasteiger partial charge >= 0.3 is 0 Å². The van der Waals surface area contributed by atoms with Gasteiger partial charge in [0.1, 0.15) is 23.9 Å². The van der Waals surface area contributed by atoms with E-state index < -0.39 is 0 Å². The first kappa shape index (κ1) is 17.1. The Kier molecular flexibility index (Phi) is 4.90. The number of nitrogens with one attached hydrogen (secondary N) is 2. The minimum atomic E-state index is -0.322. The van der Waals surface area contributed by atoms with Crippen LogP contribution in [0.3, 0.4) is 0 Å². The van der Waals surface area contributed by atoms with Gasteiger partial charge in [0.15, 0.2) is 0 Å². The van der Waals surface area contributed by atoms with Crippen LogP contribution in [-0.4, -0.2) is 15.9 Å². The highest BCUT2D eigenvalue weighted by Gasteiger charge is 2.11. The summed E-state index contributed by atoms with van der Waals surface area (Å²) < 4.78 is 0. The van der Waals surface area contributed by atoms with E-state index in [9.17, 15) is 4.79 Å². The summed E-state index contributed by atoms with van der Waals surface area (Å²) >= 11 is 0. The van der Waals surface area contributed by atoms with Gasteiger partial charge in [-0.2, -0.15) is 5.26 Å². The summed E-state index contributed by atoms with van der Waals surface area (Å²) in [4.78, 5) is 20.7. The van der Waals surface area contributed by atoms with Gasteiger partial charge in [-0.15, -0.1) is 0 Å². The van der Waals surface area contributed by atoms with E-state index in [4.69, 9.17) is 5.26 Å². The molecule has 0 saturated heterocycles. The summed E-state index contributed by atoms with van der Waals surface area (Å²) in [7, 11) is 0. The second kappa shape index (κ2) is 7.45. The number of aryl methyl sites for hydroxylation is 2. The van der Waals surface area contributed by atoms with E-state index in [0.29, 0.717) is 17.1 Å². The number of para-hydroxylation sites is 1. The number of carbonyl (C=O) groups excluding carboxylic acids is 1. The highest BCUT2D eigenvalue weighted by atomic mass is 16.1. The van der Waals surface area contributed by atoms with E-state index >= 15 is 0 Å². The molecule has 0 bridgehead atoms.